The Bertz CT molecular complexity index is 530. The normalized spacial score (nSPS) is 12.7. The Hall–Kier alpha value is -1.68. The zero-order valence-electron chi connectivity index (χ0n) is 11.2. The van der Waals surface area contributed by atoms with Crippen molar-refractivity contribution in [2.45, 2.75) is 39.7 Å². The van der Waals surface area contributed by atoms with Gasteiger partial charge in [-0.25, -0.2) is 4.68 Å². The SMILES string of the molecule is CCC(N)Cc1cncc(-n2nc(C)cc2C)c1. The van der Waals surface area contributed by atoms with Crippen LogP contribution < -0.4 is 5.73 Å². The topological polar surface area (TPSA) is 56.7 Å². The van der Waals surface area contributed by atoms with E-state index < -0.39 is 0 Å². The van der Waals surface area contributed by atoms with Gasteiger partial charge in [-0.3, -0.25) is 4.98 Å². The maximum Gasteiger partial charge on any atom is 0.0834 e. The van der Waals surface area contributed by atoms with Crippen molar-refractivity contribution in [2.75, 3.05) is 0 Å². The number of aryl methyl sites for hydroxylation is 2. The Labute approximate surface area is 108 Å². The number of aromatic nitrogens is 3. The number of hydrogen-bond donors (Lipinski definition) is 1. The van der Waals surface area contributed by atoms with Gasteiger partial charge in [0.1, 0.15) is 0 Å². The maximum absolute atomic E-state index is 5.98. The molecule has 96 valence electrons. The third-order valence-corrected chi connectivity index (χ3v) is 3.06. The van der Waals surface area contributed by atoms with Crippen LogP contribution >= 0.6 is 0 Å². The van der Waals surface area contributed by atoms with Crippen LogP contribution in [0.1, 0.15) is 30.3 Å². The fraction of sp³-hybridized carbons (Fsp3) is 0.429. The Kier molecular flexibility index (Phi) is 3.77. The van der Waals surface area contributed by atoms with E-state index in [0.29, 0.717) is 0 Å². The summed E-state index contributed by atoms with van der Waals surface area (Å²) >= 11 is 0. The minimum atomic E-state index is 0.197. The summed E-state index contributed by atoms with van der Waals surface area (Å²) < 4.78 is 1.92. The van der Waals surface area contributed by atoms with Gasteiger partial charge in [-0.15, -0.1) is 0 Å². The Balaban J connectivity index is 2.29. The summed E-state index contributed by atoms with van der Waals surface area (Å²) in [7, 11) is 0. The molecule has 0 spiro atoms. The van der Waals surface area contributed by atoms with Crippen molar-refractivity contribution < 1.29 is 0 Å². The largest absolute Gasteiger partial charge is 0.327 e. The highest BCUT2D eigenvalue weighted by molar-refractivity contribution is 5.34. The molecular formula is C14H20N4. The minimum absolute atomic E-state index is 0.197. The molecule has 0 aliphatic carbocycles. The molecule has 4 nitrogen and oxygen atoms in total. The van der Waals surface area contributed by atoms with Gasteiger partial charge in [-0.05, 0) is 44.4 Å². The third kappa shape index (κ3) is 2.76. The van der Waals surface area contributed by atoms with Gasteiger partial charge >= 0.3 is 0 Å². The molecule has 2 rings (SSSR count). The van der Waals surface area contributed by atoms with Crippen molar-refractivity contribution in [3.63, 3.8) is 0 Å². The summed E-state index contributed by atoms with van der Waals surface area (Å²) in [4.78, 5) is 4.28. The minimum Gasteiger partial charge on any atom is -0.327 e. The van der Waals surface area contributed by atoms with Gasteiger partial charge in [-0.1, -0.05) is 6.92 Å². The van der Waals surface area contributed by atoms with Crippen LogP contribution in [0.5, 0.6) is 0 Å². The molecule has 4 heteroatoms. The molecule has 0 radical (unpaired) electrons. The van der Waals surface area contributed by atoms with Gasteiger partial charge in [0, 0.05) is 17.9 Å². The van der Waals surface area contributed by atoms with Gasteiger partial charge in [0.25, 0.3) is 0 Å². The first-order valence-corrected chi connectivity index (χ1v) is 6.33. The lowest BCUT2D eigenvalue weighted by molar-refractivity contribution is 0.644. The van der Waals surface area contributed by atoms with Crippen LogP contribution in [0.25, 0.3) is 5.69 Å². The Morgan fingerprint density at radius 1 is 1.28 bits per heavy atom. The second-order valence-corrected chi connectivity index (χ2v) is 4.76. The summed E-state index contributed by atoms with van der Waals surface area (Å²) in [5.74, 6) is 0. The molecule has 2 N–H and O–H groups in total. The summed E-state index contributed by atoms with van der Waals surface area (Å²) in [6.07, 6.45) is 5.55. The lowest BCUT2D eigenvalue weighted by Crippen LogP contribution is -2.21. The lowest BCUT2D eigenvalue weighted by atomic mass is 10.1. The molecule has 1 unspecified atom stereocenters. The fourth-order valence-electron chi connectivity index (χ4n) is 2.04. The molecule has 2 heterocycles. The third-order valence-electron chi connectivity index (χ3n) is 3.06. The predicted molar refractivity (Wildman–Crippen MR) is 72.8 cm³/mol. The average Bonchev–Trinajstić information content (AvgIpc) is 2.68. The molecule has 0 saturated heterocycles. The molecule has 0 aromatic carbocycles. The van der Waals surface area contributed by atoms with Crippen molar-refractivity contribution in [2.24, 2.45) is 5.73 Å². The number of nitrogens with two attached hydrogens (primary N) is 1. The van der Waals surface area contributed by atoms with Gasteiger partial charge in [-0.2, -0.15) is 5.10 Å². The second kappa shape index (κ2) is 5.31. The van der Waals surface area contributed by atoms with Crippen molar-refractivity contribution in [1.82, 2.24) is 14.8 Å². The van der Waals surface area contributed by atoms with Crippen LogP contribution in [0.3, 0.4) is 0 Å². The van der Waals surface area contributed by atoms with Crippen molar-refractivity contribution in [3.8, 4) is 5.69 Å². The van der Waals surface area contributed by atoms with E-state index in [1.165, 1.54) is 0 Å². The van der Waals surface area contributed by atoms with Gasteiger partial charge < -0.3 is 5.73 Å². The molecule has 2 aromatic rings. The number of pyridine rings is 1. The van der Waals surface area contributed by atoms with Gasteiger partial charge in [0.2, 0.25) is 0 Å². The van der Waals surface area contributed by atoms with E-state index in [-0.39, 0.29) is 6.04 Å². The van der Waals surface area contributed by atoms with E-state index in [4.69, 9.17) is 5.73 Å². The van der Waals surface area contributed by atoms with Gasteiger partial charge in [0.05, 0.1) is 17.6 Å². The highest BCUT2D eigenvalue weighted by Crippen LogP contribution is 2.13. The van der Waals surface area contributed by atoms with E-state index in [9.17, 15) is 0 Å². The predicted octanol–water partition coefficient (Wildman–Crippen LogP) is 2.16. The molecule has 18 heavy (non-hydrogen) atoms. The van der Waals surface area contributed by atoms with Crippen LogP contribution in [0, 0.1) is 13.8 Å². The summed E-state index contributed by atoms with van der Waals surface area (Å²) in [5.41, 5.74) is 10.3. The van der Waals surface area contributed by atoms with Crippen molar-refractivity contribution in [1.29, 1.82) is 0 Å². The molecule has 1 atom stereocenters. The number of hydrogen-bond acceptors (Lipinski definition) is 3. The molecule has 0 saturated carbocycles. The average molecular weight is 244 g/mol. The second-order valence-electron chi connectivity index (χ2n) is 4.76. The number of rotatable bonds is 4. The van der Waals surface area contributed by atoms with Crippen molar-refractivity contribution in [3.05, 3.63) is 41.5 Å². The molecule has 0 aliphatic heterocycles. The van der Waals surface area contributed by atoms with E-state index in [1.807, 2.05) is 30.9 Å². The Morgan fingerprint density at radius 3 is 2.67 bits per heavy atom. The smallest absolute Gasteiger partial charge is 0.0834 e. The summed E-state index contributed by atoms with van der Waals surface area (Å²) in [5, 5.41) is 4.47. The first-order chi connectivity index (χ1) is 8.60. The zero-order valence-corrected chi connectivity index (χ0v) is 11.2. The zero-order chi connectivity index (χ0) is 13.1. The number of nitrogens with zero attached hydrogens (tertiary/aromatic N) is 3. The highest BCUT2D eigenvalue weighted by Gasteiger charge is 2.07. The van der Waals surface area contributed by atoms with Crippen LogP contribution in [0.4, 0.5) is 0 Å². The van der Waals surface area contributed by atoms with Crippen LogP contribution in [-0.2, 0) is 6.42 Å². The molecular weight excluding hydrogens is 224 g/mol. The fourth-order valence-corrected chi connectivity index (χ4v) is 2.04. The van der Waals surface area contributed by atoms with E-state index in [1.54, 1.807) is 0 Å². The van der Waals surface area contributed by atoms with E-state index in [2.05, 4.69) is 29.1 Å². The van der Waals surface area contributed by atoms with E-state index >= 15 is 0 Å². The monoisotopic (exact) mass is 244 g/mol. The van der Waals surface area contributed by atoms with E-state index in [0.717, 1.165) is 35.5 Å². The van der Waals surface area contributed by atoms with Gasteiger partial charge in [0.15, 0.2) is 0 Å². The molecule has 0 amide bonds. The first kappa shape index (κ1) is 12.8. The molecule has 0 aliphatic rings. The molecule has 2 aromatic heterocycles. The van der Waals surface area contributed by atoms with Crippen LogP contribution in [0.15, 0.2) is 24.5 Å². The maximum atomic E-state index is 5.98. The highest BCUT2D eigenvalue weighted by atomic mass is 15.3. The Morgan fingerprint density at radius 2 is 2.06 bits per heavy atom. The molecule has 0 fully saturated rings. The quantitative estimate of drug-likeness (QED) is 0.896. The van der Waals surface area contributed by atoms with Crippen LogP contribution in [0.2, 0.25) is 0 Å². The van der Waals surface area contributed by atoms with Crippen molar-refractivity contribution >= 4 is 0 Å². The van der Waals surface area contributed by atoms with Crippen LogP contribution in [-0.4, -0.2) is 20.8 Å². The standard InChI is InChI=1S/C14H20N4/c1-4-13(15)6-12-7-14(9-16-8-12)18-11(3)5-10(2)17-18/h5,7-9,13H,4,6,15H2,1-3H3. The summed E-state index contributed by atoms with van der Waals surface area (Å²) in [6.45, 7) is 6.14. The molecule has 0 bridgehead atoms. The summed E-state index contributed by atoms with van der Waals surface area (Å²) in [6, 6.07) is 4.37. The lowest BCUT2D eigenvalue weighted by Gasteiger charge is -2.10. The first-order valence-electron chi connectivity index (χ1n) is 6.33.